The van der Waals surface area contributed by atoms with Crippen LogP contribution in [-0.4, -0.2) is 68.2 Å². The average Bonchev–Trinajstić information content (AvgIpc) is 2.92. The first kappa shape index (κ1) is 29.5. The largest absolute Gasteiger partial charge is 0.508 e. The lowest BCUT2D eigenvalue weighted by atomic mass is 9.95. The molecule has 3 rings (SSSR count). The van der Waals surface area contributed by atoms with E-state index in [4.69, 9.17) is 24.4 Å². The van der Waals surface area contributed by atoms with E-state index in [9.17, 15) is 5.11 Å². The van der Waals surface area contributed by atoms with E-state index in [2.05, 4.69) is 54.6 Å². The summed E-state index contributed by atoms with van der Waals surface area (Å²) in [6, 6.07) is 26.9. The summed E-state index contributed by atoms with van der Waals surface area (Å²) in [7, 11) is 0. The zero-order valence-corrected chi connectivity index (χ0v) is 21.1. The number of phenols is 1. The molecule has 0 unspecified atom stereocenters. The Morgan fingerprint density at radius 3 is 1.44 bits per heavy atom. The Morgan fingerprint density at radius 1 is 0.472 bits per heavy atom. The Balaban J connectivity index is 0.000000302. The molecule has 3 aromatic carbocycles. The molecular formula is C30H40O6. The van der Waals surface area contributed by atoms with Gasteiger partial charge in [-0.1, -0.05) is 72.8 Å². The van der Waals surface area contributed by atoms with Crippen LogP contribution in [0, 0.1) is 0 Å². The zero-order valence-electron chi connectivity index (χ0n) is 21.1. The molecule has 0 spiro atoms. The molecule has 6 nitrogen and oxygen atoms in total. The van der Waals surface area contributed by atoms with Crippen LogP contribution >= 0.6 is 0 Å². The Labute approximate surface area is 215 Å². The first-order valence-electron chi connectivity index (χ1n) is 12.6. The van der Waals surface area contributed by atoms with Gasteiger partial charge in [-0.25, -0.2) is 0 Å². The third-order valence-electron chi connectivity index (χ3n) is 5.50. The average molecular weight is 497 g/mol. The highest BCUT2D eigenvalue weighted by molar-refractivity contribution is 5.40. The van der Waals surface area contributed by atoms with Crippen molar-refractivity contribution >= 4 is 0 Å². The fraction of sp³-hybridized carbons (Fsp3) is 0.400. The Bertz CT molecular complexity index is 907. The van der Waals surface area contributed by atoms with Crippen molar-refractivity contribution in [3.05, 3.63) is 101 Å². The molecular weight excluding hydrogens is 456 g/mol. The lowest BCUT2D eigenvalue weighted by Gasteiger charge is -2.12. The quantitative estimate of drug-likeness (QED) is 0.260. The minimum atomic E-state index is 0.0413. The fourth-order valence-corrected chi connectivity index (χ4v) is 3.65. The number of hydrogen-bond acceptors (Lipinski definition) is 6. The van der Waals surface area contributed by atoms with Crippen LogP contribution in [0.3, 0.4) is 0 Å². The Hall–Kier alpha value is -2.74. The number of benzene rings is 3. The predicted molar refractivity (Wildman–Crippen MR) is 142 cm³/mol. The predicted octanol–water partition coefficient (Wildman–Crippen LogP) is 3.98. The van der Waals surface area contributed by atoms with Gasteiger partial charge in [-0.15, -0.1) is 0 Å². The molecule has 0 saturated carbocycles. The molecule has 0 saturated heterocycles. The first-order chi connectivity index (χ1) is 17.7. The summed E-state index contributed by atoms with van der Waals surface area (Å²) in [5.41, 5.74) is 4.99. The SMILES string of the molecule is OCCOCCOCCOCCO.Oc1cccc(CCc2ccccc2)c1CCc1ccccc1. The van der Waals surface area contributed by atoms with E-state index in [0.29, 0.717) is 45.4 Å². The molecule has 0 amide bonds. The van der Waals surface area contributed by atoms with Crippen LogP contribution in [0.2, 0.25) is 0 Å². The van der Waals surface area contributed by atoms with Gasteiger partial charge in [0, 0.05) is 0 Å². The summed E-state index contributed by atoms with van der Waals surface area (Å²) in [6.07, 6.45) is 3.79. The van der Waals surface area contributed by atoms with Crippen molar-refractivity contribution in [3.63, 3.8) is 0 Å². The van der Waals surface area contributed by atoms with Crippen molar-refractivity contribution in [3.8, 4) is 5.75 Å². The molecule has 0 bridgehead atoms. The highest BCUT2D eigenvalue weighted by Gasteiger charge is 2.08. The van der Waals surface area contributed by atoms with E-state index in [-0.39, 0.29) is 13.2 Å². The minimum Gasteiger partial charge on any atom is -0.508 e. The van der Waals surface area contributed by atoms with Gasteiger partial charge >= 0.3 is 0 Å². The Kier molecular flexibility index (Phi) is 15.9. The number of phenolic OH excluding ortho intramolecular Hbond substituents is 1. The molecule has 0 atom stereocenters. The monoisotopic (exact) mass is 496 g/mol. The molecule has 6 heteroatoms. The second-order valence-corrected chi connectivity index (χ2v) is 8.17. The maximum Gasteiger partial charge on any atom is 0.119 e. The van der Waals surface area contributed by atoms with E-state index in [1.165, 1.54) is 16.7 Å². The van der Waals surface area contributed by atoms with Crippen LogP contribution in [0.1, 0.15) is 22.3 Å². The molecule has 3 N–H and O–H groups in total. The Morgan fingerprint density at radius 2 is 0.944 bits per heavy atom. The van der Waals surface area contributed by atoms with Gasteiger partial charge in [-0.2, -0.15) is 0 Å². The van der Waals surface area contributed by atoms with E-state index >= 15 is 0 Å². The molecule has 0 fully saturated rings. The highest BCUT2D eigenvalue weighted by atomic mass is 16.5. The molecule has 0 radical (unpaired) electrons. The van der Waals surface area contributed by atoms with Gasteiger partial charge in [0.15, 0.2) is 0 Å². The van der Waals surface area contributed by atoms with Crippen LogP contribution in [0.25, 0.3) is 0 Å². The number of aromatic hydroxyl groups is 1. The molecule has 3 aromatic rings. The summed E-state index contributed by atoms with van der Waals surface area (Å²) >= 11 is 0. The van der Waals surface area contributed by atoms with Gasteiger partial charge in [-0.05, 0) is 54.0 Å². The van der Waals surface area contributed by atoms with E-state index in [0.717, 1.165) is 31.2 Å². The molecule has 36 heavy (non-hydrogen) atoms. The third kappa shape index (κ3) is 12.8. The summed E-state index contributed by atoms with van der Waals surface area (Å²) in [5.74, 6) is 0.423. The van der Waals surface area contributed by atoms with Crippen molar-refractivity contribution in [2.75, 3.05) is 52.9 Å². The van der Waals surface area contributed by atoms with E-state index < -0.39 is 0 Å². The molecule has 196 valence electrons. The topological polar surface area (TPSA) is 88.4 Å². The minimum absolute atomic E-state index is 0.0413. The highest BCUT2D eigenvalue weighted by Crippen LogP contribution is 2.24. The number of ether oxygens (including phenoxy) is 3. The standard InChI is InChI=1S/C22H22O.C8H18O5/c23-22-13-7-12-20(16-14-18-8-3-1-4-9-18)21(22)17-15-19-10-5-2-6-11-19;9-1-3-11-5-7-13-8-6-12-4-2-10/h1-13,23H,14-17H2;9-10H,1-8H2. The molecule has 0 aliphatic carbocycles. The fourth-order valence-electron chi connectivity index (χ4n) is 3.65. The zero-order chi connectivity index (χ0) is 25.7. The number of aliphatic hydroxyl groups is 2. The molecule has 0 aromatic heterocycles. The van der Waals surface area contributed by atoms with Crippen LogP contribution in [0.4, 0.5) is 0 Å². The normalized spacial score (nSPS) is 10.6. The molecule has 0 aliphatic rings. The van der Waals surface area contributed by atoms with E-state index in [1.807, 2.05) is 18.2 Å². The maximum atomic E-state index is 10.3. The van der Waals surface area contributed by atoms with Crippen molar-refractivity contribution in [1.29, 1.82) is 0 Å². The number of rotatable bonds is 16. The van der Waals surface area contributed by atoms with Gasteiger partial charge in [0.1, 0.15) is 5.75 Å². The lowest BCUT2D eigenvalue weighted by Crippen LogP contribution is -2.11. The van der Waals surface area contributed by atoms with Gasteiger partial charge < -0.3 is 29.5 Å². The van der Waals surface area contributed by atoms with Gasteiger partial charge in [0.2, 0.25) is 0 Å². The van der Waals surface area contributed by atoms with Crippen LogP contribution in [0.15, 0.2) is 78.9 Å². The van der Waals surface area contributed by atoms with Crippen molar-refractivity contribution in [2.45, 2.75) is 25.7 Å². The van der Waals surface area contributed by atoms with Crippen molar-refractivity contribution < 1.29 is 29.5 Å². The van der Waals surface area contributed by atoms with Crippen LogP contribution in [0.5, 0.6) is 5.75 Å². The third-order valence-corrected chi connectivity index (χ3v) is 5.50. The summed E-state index contributed by atoms with van der Waals surface area (Å²) in [5, 5.41) is 27.0. The van der Waals surface area contributed by atoms with Gasteiger partial charge in [-0.3, -0.25) is 0 Å². The molecule has 0 heterocycles. The second kappa shape index (κ2) is 19.4. The van der Waals surface area contributed by atoms with Gasteiger partial charge in [0.25, 0.3) is 0 Å². The summed E-state index contributed by atoms with van der Waals surface area (Å²) < 4.78 is 15.0. The number of aliphatic hydroxyl groups excluding tert-OH is 2. The second-order valence-electron chi connectivity index (χ2n) is 8.17. The number of hydrogen-bond donors (Lipinski definition) is 3. The van der Waals surface area contributed by atoms with E-state index in [1.54, 1.807) is 6.07 Å². The van der Waals surface area contributed by atoms with Crippen molar-refractivity contribution in [2.24, 2.45) is 0 Å². The van der Waals surface area contributed by atoms with Gasteiger partial charge in [0.05, 0.1) is 52.9 Å². The maximum absolute atomic E-state index is 10.3. The first-order valence-corrected chi connectivity index (χ1v) is 12.6. The number of aryl methyl sites for hydroxylation is 3. The summed E-state index contributed by atoms with van der Waals surface area (Å²) in [4.78, 5) is 0. The van der Waals surface area contributed by atoms with Crippen molar-refractivity contribution in [1.82, 2.24) is 0 Å². The van der Waals surface area contributed by atoms with Crippen LogP contribution in [-0.2, 0) is 39.9 Å². The smallest absolute Gasteiger partial charge is 0.119 e. The summed E-state index contributed by atoms with van der Waals surface area (Å²) in [6.45, 7) is 2.76. The van der Waals surface area contributed by atoms with Crippen LogP contribution < -0.4 is 0 Å². The molecule has 0 aliphatic heterocycles. The lowest BCUT2D eigenvalue weighted by molar-refractivity contribution is 0.00230.